The first kappa shape index (κ1) is 19.4. The SMILES string of the molecule is Cc1nccnc1CCNC(=O)NC(CCC(=O)O)Cc1ccccc1. The zero-order valence-electron chi connectivity index (χ0n) is 14.8. The molecule has 138 valence electrons. The van der Waals surface area contributed by atoms with E-state index in [1.165, 1.54) is 0 Å². The van der Waals surface area contributed by atoms with Gasteiger partial charge in [-0.2, -0.15) is 0 Å². The number of carboxylic acids is 1. The van der Waals surface area contributed by atoms with Crippen LogP contribution in [0.2, 0.25) is 0 Å². The number of aliphatic carboxylic acids is 1. The summed E-state index contributed by atoms with van der Waals surface area (Å²) < 4.78 is 0. The van der Waals surface area contributed by atoms with Gasteiger partial charge in [0.1, 0.15) is 0 Å². The maximum Gasteiger partial charge on any atom is 0.315 e. The molecule has 0 bridgehead atoms. The molecule has 0 saturated carbocycles. The van der Waals surface area contributed by atoms with E-state index in [4.69, 9.17) is 5.11 Å². The quantitative estimate of drug-likeness (QED) is 0.638. The van der Waals surface area contributed by atoms with Crippen LogP contribution in [-0.4, -0.2) is 39.7 Å². The third-order valence-electron chi connectivity index (χ3n) is 4.00. The molecule has 2 rings (SSSR count). The van der Waals surface area contributed by atoms with Crippen molar-refractivity contribution < 1.29 is 14.7 Å². The fourth-order valence-electron chi connectivity index (χ4n) is 2.63. The van der Waals surface area contributed by atoms with Crippen molar-refractivity contribution in [1.82, 2.24) is 20.6 Å². The van der Waals surface area contributed by atoms with Crippen LogP contribution in [0.1, 0.15) is 29.8 Å². The minimum atomic E-state index is -0.872. The number of hydrogen-bond acceptors (Lipinski definition) is 4. The van der Waals surface area contributed by atoms with Crippen molar-refractivity contribution in [3.63, 3.8) is 0 Å². The number of nitrogens with one attached hydrogen (secondary N) is 2. The van der Waals surface area contributed by atoms with E-state index in [0.717, 1.165) is 17.0 Å². The van der Waals surface area contributed by atoms with Crippen molar-refractivity contribution in [2.24, 2.45) is 0 Å². The smallest absolute Gasteiger partial charge is 0.315 e. The van der Waals surface area contributed by atoms with Crippen molar-refractivity contribution in [2.75, 3.05) is 6.54 Å². The van der Waals surface area contributed by atoms with Crippen molar-refractivity contribution >= 4 is 12.0 Å². The number of carboxylic acid groups (broad SMARTS) is 1. The van der Waals surface area contributed by atoms with Crippen LogP contribution in [0.4, 0.5) is 4.79 Å². The minimum absolute atomic E-state index is 0.0105. The van der Waals surface area contributed by atoms with Crippen LogP contribution in [0, 0.1) is 6.92 Å². The van der Waals surface area contributed by atoms with E-state index in [0.29, 0.717) is 25.8 Å². The Bertz CT molecular complexity index is 722. The van der Waals surface area contributed by atoms with E-state index < -0.39 is 5.97 Å². The number of hydrogen-bond donors (Lipinski definition) is 3. The van der Waals surface area contributed by atoms with Gasteiger partial charge in [-0.25, -0.2) is 4.79 Å². The summed E-state index contributed by atoms with van der Waals surface area (Å²) in [5.41, 5.74) is 2.75. The molecule has 1 aromatic heterocycles. The maximum atomic E-state index is 12.2. The third kappa shape index (κ3) is 6.88. The molecule has 0 fully saturated rings. The van der Waals surface area contributed by atoms with Gasteiger partial charge in [0.2, 0.25) is 0 Å². The lowest BCUT2D eigenvalue weighted by atomic mass is 10.0. The Balaban J connectivity index is 1.84. The van der Waals surface area contributed by atoms with Gasteiger partial charge in [0.25, 0.3) is 0 Å². The summed E-state index contributed by atoms with van der Waals surface area (Å²) in [6.45, 7) is 2.31. The highest BCUT2D eigenvalue weighted by Crippen LogP contribution is 2.08. The molecule has 1 unspecified atom stereocenters. The second-order valence-electron chi connectivity index (χ2n) is 6.06. The Morgan fingerprint density at radius 2 is 1.88 bits per heavy atom. The summed E-state index contributed by atoms with van der Waals surface area (Å²) in [5.74, 6) is -0.872. The number of benzene rings is 1. The van der Waals surface area contributed by atoms with Crippen LogP contribution in [0.3, 0.4) is 0 Å². The van der Waals surface area contributed by atoms with Crippen LogP contribution in [0.25, 0.3) is 0 Å². The van der Waals surface area contributed by atoms with Gasteiger partial charge in [0.05, 0.1) is 11.4 Å². The van der Waals surface area contributed by atoms with Crippen molar-refractivity contribution in [2.45, 2.75) is 38.6 Å². The van der Waals surface area contributed by atoms with Crippen LogP contribution >= 0.6 is 0 Å². The monoisotopic (exact) mass is 356 g/mol. The van der Waals surface area contributed by atoms with Gasteiger partial charge in [-0.3, -0.25) is 14.8 Å². The minimum Gasteiger partial charge on any atom is -0.481 e. The molecule has 1 aromatic carbocycles. The molecule has 7 heteroatoms. The van der Waals surface area contributed by atoms with E-state index >= 15 is 0 Å². The second-order valence-corrected chi connectivity index (χ2v) is 6.06. The Morgan fingerprint density at radius 3 is 2.58 bits per heavy atom. The first-order valence-corrected chi connectivity index (χ1v) is 8.61. The molecule has 0 spiro atoms. The summed E-state index contributed by atoms with van der Waals surface area (Å²) >= 11 is 0. The fourth-order valence-corrected chi connectivity index (χ4v) is 2.63. The van der Waals surface area contributed by atoms with Crippen molar-refractivity contribution in [3.8, 4) is 0 Å². The van der Waals surface area contributed by atoms with Gasteiger partial charge in [0.15, 0.2) is 0 Å². The Hall–Kier alpha value is -2.96. The van der Waals surface area contributed by atoms with Gasteiger partial charge in [0, 0.05) is 37.8 Å². The number of urea groups is 1. The summed E-state index contributed by atoms with van der Waals surface area (Å²) in [6, 6.07) is 9.14. The molecule has 2 amide bonds. The van der Waals surface area contributed by atoms with E-state index in [2.05, 4.69) is 20.6 Å². The van der Waals surface area contributed by atoms with E-state index in [9.17, 15) is 9.59 Å². The van der Waals surface area contributed by atoms with Crippen molar-refractivity contribution in [1.29, 1.82) is 0 Å². The third-order valence-corrected chi connectivity index (χ3v) is 4.00. The molecule has 2 aromatic rings. The summed E-state index contributed by atoms with van der Waals surface area (Å²) in [6.07, 6.45) is 4.83. The lowest BCUT2D eigenvalue weighted by molar-refractivity contribution is -0.137. The normalized spacial score (nSPS) is 11.6. The van der Waals surface area contributed by atoms with Crippen LogP contribution < -0.4 is 10.6 Å². The van der Waals surface area contributed by atoms with Gasteiger partial charge in [-0.15, -0.1) is 0 Å². The molecule has 3 N–H and O–H groups in total. The van der Waals surface area contributed by atoms with Gasteiger partial charge in [-0.05, 0) is 25.3 Å². The lowest BCUT2D eigenvalue weighted by Crippen LogP contribution is -2.44. The number of nitrogens with zero attached hydrogens (tertiary/aromatic N) is 2. The molecule has 1 heterocycles. The number of aryl methyl sites for hydroxylation is 1. The fraction of sp³-hybridized carbons (Fsp3) is 0.368. The second kappa shape index (κ2) is 10.1. The summed E-state index contributed by atoms with van der Waals surface area (Å²) in [7, 11) is 0. The average molecular weight is 356 g/mol. The van der Waals surface area contributed by atoms with Gasteiger partial charge in [-0.1, -0.05) is 30.3 Å². The molecule has 0 radical (unpaired) electrons. The lowest BCUT2D eigenvalue weighted by Gasteiger charge is -2.19. The van der Waals surface area contributed by atoms with Crippen LogP contribution in [0.5, 0.6) is 0 Å². The summed E-state index contributed by atoms with van der Waals surface area (Å²) in [5, 5.41) is 14.6. The average Bonchev–Trinajstić information content (AvgIpc) is 2.62. The molecule has 1 atom stereocenters. The molecular weight excluding hydrogens is 332 g/mol. The Labute approximate surface area is 152 Å². The van der Waals surface area contributed by atoms with Crippen LogP contribution in [0.15, 0.2) is 42.7 Å². The van der Waals surface area contributed by atoms with Gasteiger partial charge >= 0.3 is 12.0 Å². The standard InChI is InChI=1S/C19H24N4O3/c1-14-17(21-12-11-20-14)9-10-22-19(26)23-16(7-8-18(24)25)13-15-5-3-2-4-6-15/h2-6,11-12,16H,7-10,13H2,1H3,(H,24,25)(H2,22,23,26). The number of aromatic nitrogens is 2. The van der Waals surface area contributed by atoms with E-state index in [1.54, 1.807) is 12.4 Å². The van der Waals surface area contributed by atoms with E-state index in [-0.39, 0.29) is 18.5 Å². The van der Waals surface area contributed by atoms with Crippen LogP contribution in [-0.2, 0) is 17.6 Å². The largest absolute Gasteiger partial charge is 0.481 e. The number of rotatable bonds is 9. The number of carbonyl (C=O) groups is 2. The number of carbonyl (C=O) groups excluding carboxylic acids is 1. The predicted molar refractivity (Wildman–Crippen MR) is 97.8 cm³/mol. The highest BCUT2D eigenvalue weighted by atomic mass is 16.4. The highest BCUT2D eigenvalue weighted by molar-refractivity contribution is 5.74. The summed E-state index contributed by atoms with van der Waals surface area (Å²) in [4.78, 5) is 31.4. The molecule has 0 saturated heterocycles. The molecule has 7 nitrogen and oxygen atoms in total. The molecular formula is C19H24N4O3. The number of amides is 2. The first-order chi connectivity index (χ1) is 12.5. The Morgan fingerprint density at radius 1 is 1.15 bits per heavy atom. The zero-order chi connectivity index (χ0) is 18.8. The Kier molecular flexibility index (Phi) is 7.54. The van der Waals surface area contributed by atoms with Gasteiger partial charge < -0.3 is 15.7 Å². The highest BCUT2D eigenvalue weighted by Gasteiger charge is 2.14. The first-order valence-electron chi connectivity index (χ1n) is 8.61. The molecule has 0 aliphatic heterocycles. The molecule has 0 aliphatic carbocycles. The molecule has 26 heavy (non-hydrogen) atoms. The molecule has 0 aliphatic rings. The zero-order valence-corrected chi connectivity index (χ0v) is 14.8. The predicted octanol–water partition coefficient (Wildman–Crippen LogP) is 2.10. The maximum absolute atomic E-state index is 12.2. The van der Waals surface area contributed by atoms with E-state index in [1.807, 2.05) is 37.3 Å². The van der Waals surface area contributed by atoms with Crippen molar-refractivity contribution in [3.05, 3.63) is 59.7 Å². The topological polar surface area (TPSA) is 104 Å².